The maximum atomic E-state index is 6.06. The minimum atomic E-state index is 0.111. The van der Waals surface area contributed by atoms with Crippen LogP contribution in [0.1, 0.15) is 19.8 Å². The Morgan fingerprint density at radius 3 is 3.10 bits per heavy atom. The number of hydrogen-bond donors (Lipinski definition) is 1. The Hall–Kier alpha value is -0.0800. The molecule has 3 unspecified atom stereocenters. The van der Waals surface area contributed by atoms with Gasteiger partial charge in [-0.25, -0.2) is 0 Å². The molecule has 2 fully saturated rings. The van der Waals surface area contributed by atoms with E-state index in [9.17, 15) is 0 Å². The maximum absolute atomic E-state index is 6.06. The molecule has 2 aliphatic heterocycles. The summed E-state index contributed by atoms with van der Waals surface area (Å²) in [7, 11) is 0. The van der Waals surface area contributed by atoms with Crippen LogP contribution in [0, 0.1) is 5.92 Å². The van der Waals surface area contributed by atoms with Gasteiger partial charge in [0.15, 0.2) is 0 Å². The Kier molecular flexibility index (Phi) is 1.29. The van der Waals surface area contributed by atoms with Gasteiger partial charge in [0.1, 0.15) is 0 Å². The van der Waals surface area contributed by atoms with Gasteiger partial charge < -0.3 is 10.6 Å². The van der Waals surface area contributed by atoms with Gasteiger partial charge in [0.25, 0.3) is 0 Å². The Morgan fingerprint density at radius 1 is 1.60 bits per heavy atom. The molecule has 2 saturated heterocycles. The molecule has 2 bridgehead atoms. The van der Waals surface area contributed by atoms with E-state index >= 15 is 0 Å². The maximum Gasteiger partial charge on any atom is 0.0257 e. The molecule has 0 saturated carbocycles. The summed E-state index contributed by atoms with van der Waals surface area (Å²) in [5.74, 6) is 0.906. The third-order valence-electron chi connectivity index (χ3n) is 2.71. The first kappa shape index (κ1) is 6.62. The molecular weight excluding hydrogens is 124 g/mol. The average Bonchev–Trinajstić information content (AvgIpc) is 2.08. The van der Waals surface area contributed by atoms with Crippen molar-refractivity contribution < 1.29 is 0 Å². The van der Waals surface area contributed by atoms with Crippen LogP contribution >= 0.6 is 0 Å². The number of nitrogens with two attached hydrogens (primary N) is 1. The number of piperidine rings is 1. The molecule has 58 valence electrons. The van der Waals surface area contributed by atoms with Crippen LogP contribution in [-0.4, -0.2) is 30.1 Å². The van der Waals surface area contributed by atoms with Crippen LogP contribution in [0.3, 0.4) is 0 Å². The van der Waals surface area contributed by atoms with Crippen molar-refractivity contribution in [2.45, 2.75) is 25.3 Å². The van der Waals surface area contributed by atoms with Crippen LogP contribution in [0.15, 0.2) is 0 Å². The highest BCUT2D eigenvalue weighted by Crippen LogP contribution is 2.30. The predicted octanol–water partition coefficient (Wildman–Crippen LogP) is 0.429. The van der Waals surface area contributed by atoms with Gasteiger partial charge in [-0.2, -0.15) is 0 Å². The van der Waals surface area contributed by atoms with Gasteiger partial charge in [0.05, 0.1) is 0 Å². The minimum Gasteiger partial charge on any atom is -0.324 e. The largest absolute Gasteiger partial charge is 0.324 e. The van der Waals surface area contributed by atoms with Crippen molar-refractivity contribution in [2.75, 3.05) is 19.6 Å². The van der Waals surface area contributed by atoms with Crippen molar-refractivity contribution in [1.82, 2.24) is 4.90 Å². The fraction of sp³-hybridized carbons (Fsp3) is 1.00. The van der Waals surface area contributed by atoms with Gasteiger partial charge in [-0.1, -0.05) is 0 Å². The molecule has 3 atom stereocenters. The molecule has 0 spiro atoms. The molecule has 0 radical (unpaired) electrons. The lowest BCUT2D eigenvalue weighted by atomic mass is 9.87. The monoisotopic (exact) mass is 140 g/mol. The molecule has 2 nitrogen and oxygen atoms in total. The van der Waals surface area contributed by atoms with E-state index < -0.39 is 0 Å². The van der Waals surface area contributed by atoms with Crippen LogP contribution in [-0.2, 0) is 0 Å². The highest BCUT2D eigenvalue weighted by molar-refractivity contribution is 4.95. The number of hydrogen-bond acceptors (Lipinski definition) is 2. The summed E-state index contributed by atoms with van der Waals surface area (Å²) in [4.78, 5) is 2.49. The lowest BCUT2D eigenvalue weighted by Crippen LogP contribution is -2.51. The third kappa shape index (κ3) is 1.06. The van der Waals surface area contributed by atoms with Crippen LogP contribution < -0.4 is 5.73 Å². The van der Waals surface area contributed by atoms with Gasteiger partial charge in [-0.05, 0) is 32.2 Å². The number of rotatable bonds is 0. The van der Waals surface area contributed by atoms with Crippen molar-refractivity contribution in [3.8, 4) is 0 Å². The Balaban J connectivity index is 2.09. The van der Waals surface area contributed by atoms with Crippen molar-refractivity contribution in [1.29, 1.82) is 0 Å². The summed E-state index contributed by atoms with van der Waals surface area (Å²) in [5.41, 5.74) is 6.17. The molecular formula is C8H16N2. The summed E-state index contributed by atoms with van der Waals surface area (Å²) in [5, 5.41) is 0. The van der Waals surface area contributed by atoms with Gasteiger partial charge >= 0.3 is 0 Å². The topological polar surface area (TPSA) is 29.3 Å². The molecule has 2 heterocycles. The van der Waals surface area contributed by atoms with E-state index in [4.69, 9.17) is 5.73 Å². The minimum absolute atomic E-state index is 0.111. The van der Waals surface area contributed by atoms with Crippen LogP contribution in [0.2, 0.25) is 0 Å². The van der Waals surface area contributed by atoms with E-state index in [1.54, 1.807) is 0 Å². The molecule has 0 aromatic rings. The lowest BCUT2D eigenvalue weighted by molar-refractivity contribution is 0.184. The number of nitrogens with zero attached hydrogens (tertiary/aromatic N) is 1. The smallest absolute Gasteiger partial charge is 0.0257 e. The van der Waals surface area contributed by atoms with Crippen molar-refractivity contribution in [2.24, 2.45) is 11.7 Å². The van der Waals surface area contributed by atoms with E-state index in [2.05, 4.69) is 11.8 Å². The SMILES string of the molecule is CC1(N)CC2CCN(C2)C1. The lowest BCUT2D eigenvalue weighted by Gasteiger charge is -2.35. The van der Waals surface area contributed by atoms with Gasteiger partial charge in [-0.15, -0.1) is 0 Å². The zero-order chi connectivity index (χ0) is 7.19. The summed E-state index contributed by atoms with van der Waals surface area (Å²) in [6.07, 6.45) is 2.62. The summed E-state index contributed by atoms with van der Waals surface area (Å²) in [6.45, 7) is 5.89. The van der Waals surface area contributed by atoms with Gasteiger partial charge in [-0.3, -0.25) is 0 Å². The number of fused-ring (bicyclic) bond motifs is 2. The van der Waals surface area contributed by atoms with Gasteiger partial charge in [0.2, 0.25) is 0 Å². The summed E-state index contributed by atoms with van der Waals surface area (Å²) >= 11 is 0. The second-order valence-electron chi connectivity index (χ2n) is 4.25. The van der Waals surface area contributed by atoms with Crippen LogP contribution in [0.25, 0.3) is 0 Å². The van der Waals surface area contributed by atoms with Crippen LogP contribution in [0.4, 0.5) is 0 Å². The fourth-order valence-electron chi connectivity index (χ4n) is 2.46. The predicted molar refractivity (Wildman–Crippen MR) is 41.8 cm³/mol. The molecule has 0 aromatic heterocycles. The Labute approximate surface area is 62.4 Å². The first-order valence-corrected chi connectivity index (χ1v) is 4.17. The van der Waals surface area contributed by atoms with E-state index in [1.807, 2.05) is 0 Å². The quantitative estimate of drug-likeness (QED) is 0.528. The highest BCUT2D eigenvalue weighted by Gasteiger charge is 2.36. The van der Waals surface area contributed by atoms with E-state index in [-0.39, 0.29) is 5.54 Å². The van der Waals surface area contributed by atoms with E-state index in [1.165, 1.54) is 25.9 Å². The van der Waals surface area contributed by atoms with Crippen molar-refractivity contribution in [3.63, 3.8) is 0 Å². The molecule has 0 amide bonds. The zero-order valence-corrected chi connectivity index (χ0v) is 6.64. The van der Waals surface area contributed by atoms with Gasteiger partial charge in [0, 0.05) is 18.6 Å². The van der Waals surface area contributed by atoms with Crippen molar-refractivity contribution >= 4 is 0 Å². The van der Waals surface area contributed by atoms with E-state index in [0.717, 1.165) is 12.5 Å². The third-order valence-corrected chi connectivity index (χ3v) is 2.71. The molecule has 2 rings (SSSR count). The van der Waals surface area contributed by atoms with Crippen LogP contribution in [0.5, 0.6) is 0 Å². The molecule has 2 N–H and O–H groups in total. The normalized spacial score (nSPS) is 53.4. The summed E-state index contributed by atoms with van der Waals surface area (Å²) in [6, 6.07) is 0. The molecule has 0 aromatic carbocycles. The molecule has 2 heteroatoms. The highest BCUT2D eigenvalue weighted by atomic mass is 15.2. The molecule has 2 aliphatic rings. The Bertz CT molecular complexity index is 128. The Morgan fingerprint density at radius 2 is 2.40 bits per heavy atom. The van der Waals surface area contributed by atoms with E-state index in [0.29, 0.717) is 0 Å². The zero-order valence-electron chi connectivity index (χ0n) is 6.64. The second kappa shape index (κ2) is 1.95. The summed E-state index contributed by atoms with van der Waals surface area (Å²) < 4.78 is 0. The first-order valence-electron chi connectivity index (χ1n) is 4.17. The average molecular weight is 140 g/mol. The first-order chi connectivity index (χ1) is 4.66. The fourth-order valence-corrected chi connectivity index (χ4v) is 2.46. The standard InChI is InChI=1S/C8H16N2/c1-8(9)4-7-2-3-10(5-7)6-8/h7H,2-6,9H2,1H3. The molecule has 10 heavy (non-hydrogen) atoms. The second-order valence-corrected chi connectivity index (χ2v) is 4.25. The molecule has 0 aliphatic carbocycles. The van der Waals surface area contributed by atoms with Crippen molar-refractivity contribution in [3.05, 3.63) is 0 Å².